The number of hydrogen-bond acceptors (Lipinski definition) is 6. The minimum Gasteiger partial charge on any atom is -0.334 e. The lowest BCUT2D eigenvalue weighted by atomic mass is 10.2. The molecule has 152 valence electrons. The van der Waals surface area contributed by atoms with E-state index in [1.807, 2.05) is 0 Å². The number of nitriles is 1. The first-order valence-electron chi connectivity index (χ1n) is 9.48. The quantitative estimate of drug-likeness (QED) is 0.715. The molecule has 1 fully saturated rings. The summed E-state index contributed by atoms with van der Waals surface area (Å²) in [4.78, 5) is 20.7. The molecule has 1 N–H and O–H groups in total. The van der Waals surface area contributed by atoms with Crippen LogP contribution in [0, 0.1) is 17.1 Å². The number of aromatic nitrogens is 2. The molecule has 8 nitrogen and oxygen atoms in total. The van der Waals surface area contributed by atoms with E-state index in [4.69, 9.17) is 9.78 Å². The first-order chi connectivity index (χ1) is 14.6. The zero-order valence-corrected chi connectivity index (χ0v) is 16.1. The van der Waals surface area contributed by atoms with Crippen molar-refractivity contribution in [2.24, 2.45) is 0 Å². The Balaban J connectivity index is 1.29. The van der Waals surface area contributed by atoms with E-state index >= 15 is 0 Å². The summed E-state index contributed by atoms with van der Waals surface area (Å²) in [6.45, 7) is 2.92. The molecule has 0 saturated carbocycles. The SMILES string of the molecule is N#Cc1cccc(NC(=O)N2CCN(Cc3noc(-c4cccc(F)c4)n3)CC2)c1. The summed E-state index contributed by atoms with van der Waals surface area (Å²) in [6.07, 6.45) is 0. The second-order valence-electron chi connectivity index (χ2n) is 6.91. The summed E-state index contributed by atoms with van der Waals surface area (Å²) in [5.41, 5.74) is 1.63. The molecule has 9 heteroatoms. The Morgan fingerprint density at radius 3 is 2.73 bits per heavy atom. The number of carbonyl (C=O) groups excluding carboxylic acids is 1. The van der Waals surface area contributed by atoms with Gasteiger partial charge in [-0.25, -0.2) is 9.18 Å². The van der Waals surface area contributed by atoms with E-state index in [0.29, 0.717) is 55.4 Å². The number of benzene rings is 2. The van der Waals surface area contributed by atoms with Crippen LogP contribution in [-0.4, -0.2) is 52.2 Å². The van der Waals surface area contributed by atoms with Gasteiger partial charge in [0.15, 0.2) is 5.82 Å². The molecular formula is C21H19FN6O2. The predicted octanol–water partition coefficient (Wildman–Crippen LogP) is 3.10. The van der Waals surface area contributed by atoms with Crippen molar-refractivity contribution < 1.29 is 13.7 Å². The average molecular weight is 406 g/mol. The summed E-state index contributed by atoms with van der Waals surface area (Å²) in [5.74, 6) is 0.434. The Bertz CT molecular complexity index is 1080. The van der Waals surface area contributed by atoms with Crippen LogP contribution >= 0.6 is 0 Å². The maximum Gasteiger partial charge on any atom is 0.321 e. The number of halogens is 1. The van der Waals surface area contributed by atoms with Crippen molar-refractivity contribution in [1.82, 2.24) is 19.9 Å². The third-order valence-corrected chi connectivity index (χ3v) is 4.81. The summed E-state index contributed by atoms with van der Waals surface area (Å²) < 4.78 is 18.6. The molecule has 30 heavy (non-hydrogen) atoms. The largest absolute Gasteiger partial charge is 0.334 e. The van der Waals surface area contributed by atoms with Crippen molar-refractivity contribution in [3.8, 4) is 17.5 Å². The number of nitrogens with zero attached hydrogens (tertiary/aromatic N) is 5. The Morgan fingerprint density at radius 2 is 1.97 bits per heavy atom. The van der Waals surface area contributed by atoms with E-state index in [9.17, 15) is 9.18 Å². The Morgan fingerprint density at radius 1 is 1.17 bits per heavy atom. The van der Waals surface area contributed by atoms with Gasteiger partial charge in [-0.05, 0) is 36.4 Å². The number of carbonyl (C=O) groups is 1. The highest BCUT2D eigenvalue weighted by molar-refractivity contribution is 5.89. The second-order valence-corrected chi connectivity index (χ2v) is 6.91. The summed E-state index contributed by atoms with van der Waals surface area (Å²) in [5, 5.41) is 15.8. The second kappa shape index (κ2) is 8.71. The van der Waals surface area contributed by atoms with Crippen LogP contribution in [0.15, 0.2) is 53.1 Å². The van der Waals surface area contributed by atoms with Crippen LogP contribution in [0.25, 0.3) is 11.5 Å². The molecule has 4 rings (SSSR count). The van der Waals surface area contributed by atoms with Crippen LogP contribution in [0.2, 0.25) is 0 Å². The fraction of sp³-hybridized carbons (Fsp3) is 0.238. The fourth-order valence-corrected chi connectivity index (χ4v) is 3.24. The molecule has 0 spiro atoms. The summed E-state index contributed by atoms with van der Waals surface area (Å²) in [7, 11) is 0. The topological polar surface area (TPSA) is 98.3 Å². The van der Waals surface area contributed by atoms with Gasteiger partial charge in [0.25, 0.3) is 5.89 Å². The Labute approximate surface area is 172 Å². The van der Waals surface area contributed by atoms with Crippen molar-refractivity contribution in [2.75, 3.05) is 31.5 Å². The Hall–Kier alpha value is -3.77. The van der Waals surface area contributed by atoms with Crippen molar-refractivity contribution in [3.63, 3.8) is 0 Å². The molecule has 2 heterocycles. The van der Waals surface area contributed by atoms with Crippen LogP contribution in [0.3, 0.4) is 0 Å². The van der Waals surface area contributed by atoms with E-state index in [1.165, 1.54) is 12.1 Å². The van der Waals surface area contributed by atoms with E-state index in [1.54, 1.807) is 41.3 Å². The lowest BCUT2D eigenvalue weighted by molar-refractivity contribution is 0.140. The molecule has 0 unspecified atom stereocenters. The van der Waals surface area contributed by atoms with Crippen LogP contribution in [0.4, 0.5) is 14.9 Å². The zero-order valence-electron chi connectivity index (χ0n) is 16.1. The first-order valence-corrected chi connectivity index (χ1v) is 9.48. The van der Waals surface area contributed by atoms with E-state index in [2.05, 4.69) is 26.4 Å². The Kier molecular flexibility index (Phi) is 5.68. The highest BCUT2D eigenvalue weighted by atomic mass is 19.1. The van der Waals surface area contributed by atoms with Crippen molar-refractivity contribution >= 4 is 11.7 Å². The average Bonchev–Trinajstić information content (AvgIpc) is 3.23. The molecule has 0 bridgehead atoms. The number of piperazine rings is 1. The first kappa shape index (κ1) is 19.5. The number of urea groups is 1. The smallest absolute Gasteiger partial charge is 0.321 e. The molecule has 0 aliphatic carbocycles. The lowest BCUT2D eigenvalue weighted by Crippen LogP contribution is -2.49. The molecule has 2 aromatic carbocycles. The lowest BCUT2D eigenvalue weighted by Gasteiger charge is -2.34. The molecule has 0 atom stereocenters. The zero-order chi connectivity index (χ0) is 20.9. The number of amides is 2. The monoisotopic (exact) mass is 406 g/mol. The molecule has 1 aliphatic heterocycles. The van der Waals surface area contributed by atoms with Gasteiger partial charge in [0.05, 0.1) is 18.2 Å². The minimum atomic E-state index is -0.360. The number of rotatable bonds is 4. The third kappa shape index (κ3) is 4.61. The molecule has 0 radical (unpaired) electrons. The van der Waals surface area contributed by atoms with Crippen molar-refractivity contribution in [2.45, 2.75) is 6.54 Å². The highest BCUT2D eigenvalue weighted by Crippen LogP contribution is 2.19. The van der Waals surface area contributed by atoms with Crippen molar-refractivity contribution in [3.05, 3.63) is 65.7 Å². The van der Waals surface area contributed by atoms with Gasteiger partial charge >= 0.3 is 6.03 Å². The fourth-order valence-electron chi connectivity index (χ4n) is 3.24. The van der Waals surface area contributed by atoms with Gasteiger partial charge in [-0.1, -0.05) is 17.3 Å². The van der Waals surface area contributed by atoms with Gasteiger partial charge in [-0.15, -0.1) is 0 Å². The van der Waals surface area contributed by atoms with Crippen LogP contribution < -0.4 is 5.32 Å². The normalized spacial score (nSPS) is 14.3. The number of anilines is 1. The molecule has 3 aromatic rings. The summed E-state index contributed by atoms with van der Waals surface area (Å²) in [6, 6.07) is 14.7. The highest BCUT2D eigenvalue weighted by Gasteiger charge is 2.22. The van der Waals surface area contributed by atoms with Gasteiger partial charge in [-0.2, -0.15) is 10.2 Å². The van der Waals surface area contributed by atoms with Crippen LogP contribution in [-0.2, 0) is 6.54 Å². The number of hydrogen-bond donors (Lipinski definition) is 1. The van der Waals surface area contributed by atoms with Gasteiger partial charge < -0.3 is 14.7 Å². The maximum absolute atomic E-state index is 13.4. The van der Waals surface area contributed by atoms with E-state index in [0.717, 1.165) is 0 Å². The van der Waals surface area contributed by atoms with Crippen LogP contribution in [0.5, 0.6) is 0 Å². The van der Waals surface area contributed by atoms with Crippen molar-refractivity contribution in [1.29, 1.82) is 5.26 Å². The molecule has 1 aliphatic rings. The molecular weight excluding hydrogens is 387 g/mol. The predicted molar refractivity (Wildman–Crippen MR) is 107 cm³/mol. The minimum absolute atomic E-state index is 0.197. The summed E-state index contributed by atoms with van der Waals surface area (Å²) >= 11 is 0. The van der Waals surface area contributed by atoms with Gasteiger partial charge in [0.1, 0.15) is 5.82 Å². The van der Waals surface area contributed by atoms with E-state index < -0.39 is 0 Å². The van der Waals surface area contributed by atoms with E-state index in [-0.39, 0.29) is 17.7 Å². The van der Waals surface area contributed by atoms with Gasteiger partial charge in [-0.3, -0.25) is 4.90 Å². The number of nitrogens with one attached hydrogen (secondary N) is 1. The maximum atomic E-state index is 13.4. The molecule has 1 saturated heterocycles. The van der Waals surface area contributed by atoms with Crippen LogP contribution in [0.1, 0.15) is 11.4 Å². The standard InChI is InChI=1S/C21H19FN6O2/c22-17-5-2-4-16(12-17)20-25-19(26-30-20)14-27-7-9-28(10-8-27)21(29)24-18-6-1-3-15(11-18)13-23/h1-6,11-12H,7-10,14H2,(H,24,29). The molecule has 1 aromatic heterocycles. The van der Waals surface area contributed by atoms with Gasteiger partial charge in [0.2, 0.25) is 0 Å². The van der Waals surface area contributed by atoms with Gasteiger partial charge in [0, 0.05) is 37.4 Å². The molecule has 2 amide bonds. The third-order valence-electron chi connectivity index (χ3n) is 4.81.